The SMILES string of the molecule is C[C@@H]1CCC[C@H](C)N2CN1n1cc(C(=O)NCc3c(F)cc(F)cc3F)c(=O)c(O)c1C2=O. The van der Waals surface area contributed by atoms with Crippen LogP contribution in [0.2, 0.25) is 0 Å². The predicted octanol–water partition coefficient (Wildman–Crippen LogP) is 2.21. The number of carbonyl (C=O) groups excluding carboxylic acids is 2. The molecule has 3 heterocycles. The van der Waals surface area contributed by atoms with Gasteiger partial charge in [0.05, 0.1) is 0 Å². The Morgan fingerprint density at radius 2 is 1.76 bits per heavy atom. The second-order valence-corrected chi connectivity index (χ2v) is 8.43. The zero-order chi connectivity index (χ0) is 24.0. The van der Waals surface area contributed by atoms with Crippen LogP contribution in [-0.4, -0.2) is 45.2 Å². The molecule has 0 unspecified atom stereocenters. The molecule has 33 heavy (non-hydrogen) atoms. The van der Waals surface area contributed by atoms with E-state index in [-0.39, 0.29) is 24.4 Å². The molecule has 1 aromatic heterocycles. The van der Waals surface area contributed by atoms with Crippen LogP contribution in [0, 0.1) is 17.5 Å². The third-order valence-electron chi connectivity index (χ3n) is 6.26. The van der Waals surface area contributed by atoms with Crippen LogP contribution in [0.25, 0.3) is 0 Å². The zero-order valence-electron chi connectivity index (χ0n) is 18.1. The first-order chi connectivity index (χ1) is 15.6. The van der Waals surface area contributed by atoms with E-state index in [0.29, 0.717) is 12.1 Å². The molecule has 2 bridgehead atoms. The molecule has 1 aromatic carbocycles. The van der Waals surface area contributed by atoms with Crippen molar-refractivity contribution in [2.45, 2.75) is 51.7 Å². The van der Waals surface area contributed by atoms with E-state index in [1.165, 1.54) is 4.68 Å². The van der Waals surface area contributed by atoms with Crippen molar-refractivity contribution in [1.82, 2.24) is 14.9 Å². The number of halogens is 3. The van der Waals surface area contributed by atoms with E-state index in [1.54, 1.807) is 9.91 Å². The van der Waals surface area contributed by atoms with Gasteiger partial charge in [-0.15, -0.1) is 0 Å². The topological polar surface area (TPSA) is 94.9 Å². The highest BCUT2D eigenvalue weighted by Crippen LogP contribution is 2.28. The summed E-state index contributed by atoms with van der Waals surface area (Å²) in [5, 5.41) is 14.6. The van der Waals surface area contributed by atoms with Gasteiger partial charge in [0.15, 0.2) is 11.4 Å². The smallest absolute Gasteiger partial charge is 0.278 e. The fraction of sp³-hybridized carbons (Fsp3) is 0.409. The summed E-state index contributed by atoms with van der Waals surface area (Å²) in [5.74, 6) is -5.88. The normalized spacial score (nSPS) is 20.2. The molecule has 2 aliphatic rings. The van der Waals surface area contributed by atoms with Crippen LogP contribution in [0.5, 0.6) is 5.75 Å². The van der Waals surface area contributed by atoms with Crippen molar-refractivity contribution in [3.8, 4) is 5.75 Å². The third-order valence-corrected chi connectivity index (χ3v) is 6.26. The minimum absolute atomic E-state index is 0.0629. The highest BCUT2D eigenvalue weighted by atomic mass is 19.1. The molecule has 2 aliphatic heterocycles. The lowest BCUT2D eigenvalue weighted by atomic mass is 10.0. The van der Waals surface area contributed by atoms with E-state index in [4.69, 9.17) is 0 Å². The lowest BCUT2D eigenvalue weighted by Crippen LogP contribution is -2.60. The van der Waals surface area contributed by atoms with Crippen LogP contribution in [0.1, 0.15) is 59.5 Å². The molecule has 0 spiro atoms. The van der Waals surface area contributed by atoms with Gasteiger partial charge in [0.1, 0.15) is 29.7 Å². The summed E-state index contributed by atoms with van der Waals surface area (Å²) in [7, 11) is 0. The van der Waals surface area contributed by atoms with Crippen molar-refractivity contribution in [2.75, 3.05) is 11.7 Å². The fourth-order valence-corrected chi connectivity index (χ4v) is 4.29. The summed E-state index contributed by atoms with van der Waals surface area (Å²) in [6.07, 6.45) is 3.60. The average molecular weight is 464 g/mol. The largest absolute Gasteiger partial charge is 0.502 e. The predicted molar refractivity (Wildman–Crippen MR) is 112 cm³/mol. The van der Waals surface area contributed by atoms with Gasteiger partial charge in [-0.05, 0) is 33.1 Å². The number of aromatic hydroxyl groups is 1. The number of aromatic nitrogens is 1. The van der Waals surface area contributed by atoms with Gasteiger partial charge in [0.2, 0.25) is 5.43 Å². The van der Waals surface area contributed by atoms with E-state index < -0.39 is 58.1 Å². The number of pyridine rings is 1. The molecule has 2 N–H and O–H groups in total. The molecule has 8 nitrogen and oxygen atoms in total. The van der Waals surface area contributed by atoms with E-state index >= 15 is 0 Å². The first-order valence-corrected chi connectivity index (χ1v) is 10.6. The van der Waals surface area contributed by atoms with Crippen LogP contribution in [0.15, 0.2) is 23.1 Å². The van der Waals surface area contributed by atoms with Crippen LogP contribution < -0.4 is 15.8 Å². The highest BCUT2D eigenvalue weighted by molar-refractivity contribution is 5.99. The summed E-state index contributed by atoms with van der Waals surface area (Å²) in [5.41, 5.74) is -2.39. The van der Waals surface area contributed by atoms with Crippen molar-refractivity contribution in [2.24, 2.45) is 0 Å². The minimum Gasteiger partial charge on any atom is -0.502 e. The molecule has 0 aliphatic carbocycles. The third kappa shape index (κ3) is 3.91. The molecular weight excluding hydrogens is 441 g/mol. The Balaban J connectivity index is 1.71. The van der Waals surface area contributed by atoms with Gasteiger partial charge in [0.25, 0.3) is 11.8 Å². The molecule has 0 saturated carbocycles. The molecule has 4 rings (SSSR count). The standard InChI is InChI=1S/C22H23F3N4O4/c1-11-4-3-5-12(2)29-10-27(11)22(33)18-20(31)19(30)15(9-28(18)29)21(32)26-8-14-16(24)6-13(23)7-17(14)25/h6-7,9,11-12,31H,3-5,8,10H2,1-2H3,(H,26,32)/t11-,12+/m0/s1. The van der Waals surface area contributed by atoms with Gasteiger partial charge in [-0.25, -0.2) is 13.2 Å². The van der Waals surface area contributed by atoms with Crippen LogP contribution >= 0.6 is 0 Å². The molecule has 2 amide bonds. The Morgan fingerprint density at radius 1 is 1.12 bits per heavy atom. The number of amides is 2. The van der Waals surface area contributed by atoms with Crippen LogP contribution in [-0.2, 0) is 6.54 Å². The number of nitrogens with one attached hydrogen (secondary N) is 1. The van der Waals surface area contributed by atoms with Crippen LogP contribution in [0.3, 0.4) is 0 Å². The maximum absolute atomic E-state index is 13.9. The van der Waals surface area contributed by atoms with E-state index in [2.05, 4.69) is 5.32 Å². The van der Waals surface area contributed by atoms with Crippen LogP contribution in [0.4, 0.5) is 13.2 Å². The number of carbonyl (C=O) groups is 2. The summed E-state index contributed by atoms with van der Waals surface area (Å²) in [6.45, 7) is 3.39. The molecular formula is C22H23F3N4O4. The quantitative estimate of drug-likeness (QED) is 0.727. The fourth-order valence-electron chi connectivity index (χ4n) is 4.29. The van der Waals surface area contributed by atoms with Crippen molar-refractivity contribution < 1.29 is 27.9 Å². The first-order valence-electron chi connectivity index (χ1n) is 10.6. The van der Waals surface area contributed by atoms with Crippen molar-refractivity contribution in [3.63, 3.8) is 0 Å². The number of fused-ring (bicyclic) bond motifs is 4. The number of hydrogen-bond donors (Lipinski definition) is 2. The van der Waals surface area contributed by atoms with E-state index in [9.17, 15) is 32.7 Å². The second kappa shape index (κ2) is 8.45. The van der Waals surface area contributed by atoms with E-state index in [1.807, 2.05) is 13.8 Å². The molecule has 176 valence electrons. The Bertz CT molecular complexity index is 1180. The number of nitrogens with zero attached hydrogens (tertiary/aromatic N) is 3. The van der Waals surface area contributed by atoms with Gasteiger partial charge >= 0.3 is 0 Å². The Labute approximate surface area is 187 Å². The van der Waals surface area contributed by atoms with Gasteiger partial charge in [-0.2, -0.15) is 0 Å². The summed E-state index contributed by atoms with van der Waals surface area (Å²) >= 11 is 0. The minimum atomic E-state index is -1.19. The van der Waals surface area contributed by atoms with Crippen molar-refractivity contribution in [1.29, 1.82) is 0 Å². The second-order valence-electron chi connectivity index (χ2n) is 8.43. The molecule has 0 radical (unpaired) electrons. The Kier molecular flexibility index (Phi) is 5.81. The summed E-state index contributed by atoms with van der Waals surface area (Å²) in [6, 6.07) is 0.795. The molecule has 11 heteroatoms. The lowest BCUT2D eigenvalue weighted by molar-refractivity contribution is 0.0565. The van der Waals surface area contributed by atoms with Gasteiger partial charge in [-0.1, -0.05) is 0 Å². The van der Waals surface area contributed by atoms with Gasteiger partial charge in [-0.3, -0.25) is 24.1 Å². The highest BCUT2D eigenvalue weighted by Gasteiger charge is 2.38. The Morgan fingerprint density at radius 3 is 2.42 bits per heavy atom. The molecule has 1 saturated heterocycles. The molecule has 1 fully saturated rings. The van der Waals surface area contributed by atoms with Crippen molar-refractivity contribution in [3.05, 3.63) is 62.8 Å². The maximum Gasteiger partial charge on any atom is 0.278 e. The lowest BCUT2D eigenvalue weighted by Gasteiger charge is -2.46. The Hall–Kier alpha value is -3.50. The zero-order valence-corrected chi connectivity index (χ0v) is 18.1. The first kappa shape index (κ1) is 22.7. The van der Waals surface area contributed by atoms with Gasteiger partial charge < -0.3 is 15.3 Å². The number of rotatable bonds is 3. The van der Waals surface area contributed by atoms with Crippen molar-refractivity contribution >= 4 is 11.8 Å². The number of hydrogen-bond acceptors (Lipinski definition) is 5. The van der Waals surface area contributed by atoms with E-state index in [0.717, 1.165) is 25.5 Å². The molecule has 2 aromatic rings. The monoisotopic (exact) mass is 464 g/mol. The number of benzene rings is 1. The summed E-state index contributed by atoms with van der Waals surface area (Å²) in [4.78, 5) is 40.1. The summed E-state index contributed by atoms with van der Waals surface area (Å²) < 4.78 is 42.2. The molecule has 2 atom stereocenters. The van der Waals surface area contributed by atoms with Gasteiger partial charge in [0, 0.05) is 42.5 Å². The maximum atomic E-state index is 13.9. The average Bonchev–Trinajstić information content (AvgIpc) is 2.74.